The van der Waals surface area contributed by atoms with Gasteiger partial charge in [-0.15, -0.1) is 0 Å². The number of carbonyl (C=O) groups is 2. The lowest BCUT2D eigenvalue weighted by Gasteiger charge is -2.25. The second-order valence-electron chi connectivity index (χ2n) is 3.87. The van der Waals surface area contributed by atoms with E-state index in [0.29, 0.717) is 12.0 Å². The third-order valence-corrected chi connectivity index (χ3v) is 2.68. The van der Waals surface area contributed by atoms with Gasteiger partial charge in [-0.3, -0.25) is 9.59 Å². The van der Waals surface area contributed by atoms with Crippen LogP contribution in [-0.4, -0.2) is 17.4 Å². The van der Waals surface area contributed by atoms with Crippen molar-refractivity contribution in [3.63, 3.8) is 0 Å². The maximum atomic E-state index is 11.8. The molecule has 0 unspecified atom stereocenters. The molecule has 0 aliphatic rings. The van der Waals surface area contributed by atoms with Crippen molar-refractivity contribution in [2.75, 3.05) is 0 Å². The second kappa shape index (κ2) is 4.79. The molecule has 0 fully saturated rings. The number of hydrogen-bond donors (Lipinski definition) is 2. The van der Waals surface area contributed by atoms with Gasteiger partial charge in [-0.25, -0.2) is 0 Å². The van der Waals surface area contributed by atoms with Gasteiger partial charge >= 0.3 is 0 Å². The Morgan fingerprint density at radius 2 is 1.88 bits per heavy atom. The van der Waals surface area contributed by atoms with Gasteiger partial charge in [0.1, 0.15) is 5.54 Å². The van der Waals surface area contributed by atoms with Crippen molar-refractivity contribution in [3.8, 4) is 0 Å². The molecule has 16 heavy (non-hydrogen) atoms. The molecule has 86 valence electrons. The van der Waals surface area contributed by atoms with Crippen LogP contribution >= 0.6 is 0 Å². The number of hydrogen-bond acceptors (Lipinski definition) is 2. The topological polar surface area (TPSA) is 72.2 Å². The Labute approximate surface area is 94.8 Å². The van der Waals surface area contributed by atoms with E-state index in [1.54, 1.807) is 38.1 Å². The van der Waals surface area contributed by atoms with E-state index in [4.69, 9.17) is 5.73 Å². The van der Waals surface area contributed by atoms with Crippen molar-refractivity contribution >= 4 is 11.8 Å². The van der Waals surface area contributed by atoms with E-state index in [0.717, 1.165) is 0 Å². The Kier molecular flexibility index (Phi) is 3.66. The zero-order valence-corrected chi connectivity index (χ0v) is 9.49. The average Bonchev–Trinajstić information content (AvgIpc) is 2.29. The highest BCUT2D eigenvalue weighted by Gasteiger charge is 2.30. The highest BCUT2D eigenvalue weighted by Crippen LogP contribution is 2.10. The summed E-state index contributed by atoms with van der Waals surface area (Å²) in [7, 11) is 0. The molecule has 1 rings (SSSR count). The first-order chi connectivity index (χ1) is 7.49. The molecule has 1 aromatic carbocycles. The normalized spacial score (nSPS) is 13.9. The van der Waals surface area contributed by atoms with Gasteiger partial charge in [-0.1, -0.05) is 25.1 Å². The summed E-state index contributed by atoms with van der Waals surface area (Å²) in [6.45, 7) is 3.42. The van der Waals surface area contributed by atoms with Crippen LogP contribution in [0.3, 0.4) is 0 Å². The van der Waals surface area contributed by atoms with Gasteiger partial charge in [-0.05, 0) is 25.5 Å². The minimum absolute atomic E-state index is 0.288. The van der Waals surface area contributed by atoms with Crippen molar-refractivity contribution in [2.24, 2.45) is 5.73 Å². The van der Waals surface area contributed by atoms with Gasteiger partial charge in [0.05, 0.1) is 0 Å². The molecule has 4 nitrogen and oxygen atoms in total. The van der Waals surface area contributed by atoms with Crippen LogP contribution in [0.2, 0.25) is 0 Å². The number of amides is 2. The molecule has 1 atom stereocenters. The van der Waals surface area contributed by atoms with Crippen LogP contribution in [0.15, 0.2) is 30.3 Å². The lowest BCUT2D eigenvalue weighted by atomic mass is 9.97. The molecule has 0 aliphatic carbocycles. The van der Waals surface area contributed by atoms with Gasteiger partial charge in [0.25, 0.3) is 5.91 Å². The molecule has 0 aliphatic heterocycles. The summed E-state index contributed by atoms with van der Waals surface area (Å²) in [5, 5.41) is 2.65. The zero-order valence-electron chi connectivity index (χ0n) is 9.49. The maximum absolute atomic E-state index is 11.8. The predicted octanol–water partition coefficient (Wildman–Crippen LogP) is 1.07. The van der Waals surface area contributed by atoms with E-state index in [2.05, 4.69) is 5.32 Å². The molecule has 0 heterocycles. The first kappa shape index (κ1) is 12.2. The minimum atomic E-state index is -0.993. The zero-order chi connectivity index (χ0) is 12.2. The number of rotatable bonds is 4. The lowest BCUT2D eigenvalue weighted by molar-refractivity contribution is -0.123. The number of nitrogens with two attached hydrogens (primary N) is 1. The van der Waals surface area contributed by atoms with E-state index in [1.807, 2.05) is 6.07 Å². The van der Waals surface area contributed by atoms with Crippen LogP contribution in [0, 0.1) is 0 Å². The fraction of sp³-hybridized carbons (Fsp3) is 0.333. The molecule has 2 amide bonds. The van der Waals surface area contributed by atoms with E-state index in [-0.39, 0.29) is 5.91 Å². The van der Waals surface area contributed by atoms with Crippen molar-refractivity contribution in [1.82, 2.24) is 5.32 Å². The molecule has 0 radical (unpaired) electrons. The van der Waals surface area contributed by atoms with Gasteiger partial charge in [0.2, 0.25) is 5.91 Å². The molecule has 0 spiro atoms. The van der Waals surface area contributed by atoms with Crippen molar-refractivity contribution < 1.29 is 9.59 Å². The number of nitrogens with one attached hydrogen (secondary N) is 1. The highest BCUT2D eigenvalue weighted by atomic mass is 16.2. The number of carbonyl (C=O) groups excluding carboxylic acids is 2. The number of primary amides is 1. The highest BCUT2D eigenvalue weighted by molar-refractivity contribution is 5.98. The monoisotopic (exact) mass is 220 g/mol. The first-order valence-corrected chi connectivity index (χ1v) is 5.17. The van der Waals surface area contributed by atoms with Crippen LogP contribution in [0.1, 0.15) is 30.6 Å². The van der Waals surface area contributed by atoms with Crippen LogP contribution in [0.25, 0.3) is 0 Å². The molecule has 3 N–H and O–H groups in total. The Hall–Kier alpha value is -1.84. The molecule has 0 saturated carbocycles. The van der Waals surface area contributed by atoms with Crippen LogP contribution < -0.4 is 11.1 Å². The summed E-state index contributed by atoms with van der Waals surface area (Å²) in [4.78, 5) is 23.0. The van der Waals surface area contributed by atoms with E-state index in [9.17, 15) is 9.59 Å². The minimum Gasteiger partial charge on any atom is -0.368 e. The van der Waals surface area contributed by atoms with Crippen molar-refractivity contribution in [2.45, 2.75) is 25.8 Å². The average molecular weight is 220 g/mol. The fourth-order valence-corrected chi connectivity index (χ4v) is 1.24. The van der Waals surface area contributed by atoms with Gasteiger partial charge < -0.3 is 11.1 Å². The number of benzene rings is 1. The maximum Gasteiger partial charge on any atom is 0.252 e. The summed E-state index contributed by atoms with van der Waals surface area (Å²) in [6, 6.07) is 8.73. The third kappa shape index (κ3) is 2.59. The Bertz CT molecular complexity index is 389. The van der Waals surface area contributed by atoms with E-state index in [1.165, 1.54) is 0 Å². The quantitative estimate of drug-likeness (QED) is 0.796. The van der Waals surface area contributed by atoms with Crippen LogP contribution in [0.5, 0.6) is 0 Å². The largest absolute Gasteiger partial charge is 0.368 e. The Morgan fingerprint density at radius 1 is 1.31 bits per heavy atom. The summed E-state index contributed by atoms with van der Waals surface area (Å²) in [6.07, 6.45) is 0.459. The fourth-order valence-electron chi connectivity index (χ4n) is 1.24. The smallest absolute Gasteiger partial charge is 0.252 e. The molecule has 0 saturated heterocycles. The van der Waals surface area contributed by atoms with Gasteiger partial charge in [-0.2, -0.15) is 0 Å². The van der Waals surface area contributed by atoms with Crippen LogP contribution in [0.4, 0.5) is 0 Å². The SMILES string of the molecule is CC[C@@](C)(NC(=O)c1ccccc1)C(N)=O. The summed E-state index contributed by atoms with van der Waals surface area (Å²) >= 11 is 0. The first-order valence-electron chi connectivity index (χ1n) is 5.17. The predicted molar refractivity (Wildman–Crippen MR) is 61.8 cm³/mol. The van der Waals surface area contributed by atoms with Crippen LogP contribution in [-0.2, 0) is 4.79 Å². The molecule has 0 aromatic heterocycles. The standard InChI is InChI=1S/C12H16N2O2/c1-3-12(2,11(13)16)14-10(15)9-7-5-4-6-8-9/h4-8H,3H2,1-2H3,(H2,13,16)(H,14,15)/t12-/m1/s1. The molecule has 0 bridgehead atoms. The molecule has 1 aromatic rings. The van der Waals surface area contributed by atoms with E-state index >= 15 is 0 Å². The van der Waals surface area contributed by atoms with Gasteiger partial charge in [0.15, 0.2) is 0 Å². The Balaban J connectivity index is 2.82. The molecular formula is C12H16N2O2. The van der Waals surface area contributed by atoms with E-state index < -0.39 is 11.4 Å². The molecule has 4 heteroatoms. The molecular weight excluding hydrogens is 204 g/mol. The second-order valence-corrected chi connectivity index (χ2v) is 3.87. The van der Waals surface area contributed by atoms with Crippen molar-refractivity contribution in [1.29, 1.82) is 0 Å². The van der Waals surface area contributed by atoms with Gasteiger partial charge in [0, 0.05) is 5.56 Å². The van der Waals surface area contributed by atoms with Crippen molar-refractivity contribution in [3.05, 3.63) is 35.9 Å². The Morgan fingerprint density at radius 3 is 2.31 bits per heavy atom. The summed E-state index contributed by atoms with van der Waals surface area (Å²) < 4.78 is 0. The third-order valence-electron chi connectivity index (χ3n) is 2.68. The summed E-state index contributed by atoms with van der Waals surface area (Å²) in [5.74, 6) is -0.817. The summed E-state index contributed by atoms with van der Waals surface area (Å²) in [5.41, 5.74) is 4.78. The lowest BCUT2D eigenvalue weighted by Crippen LogP contribution is -2.54.